The molecule has 1 aliphatic heterocycles. The van der Waals surface area contributed by atoms with Crippen LogP contribution in [0.25, 0.3) is 0 Å². The zero-order valence-electron chi connectivity index (χ0n) is 12.0. The van der Waals surface area contributed by atoms with Crippen LogP contribution in [0, 0.1) is 6.92 Å². The van der Waals surface area contributed by atoms with Gasteiger partial charge in [0.05, 0.1) is 0 Å². The van der Waals surface area contributed by atoms with Crippen LogP contribution in [0.2, 0.25) is 0 Å². The predicted octanol–water partition coefficient (Wildman–Crippen LogP) is 2.43. The van der Waals surface area contributed by atoms with E-state index in [2.05, 4.69) is 11.9 Å². The summed E-state index contributed by atoms with van der Waals surface area (Å²) in [6, 6.07) is 7.65. The average molecular weight is 300 g/mol. The van der Waals surface area contributed by atoms with E-state index < -0.39 is 0 Å². The molecule has 0 aromatic heterocycles. The summed E-state index contributed by atoms with van der Waals surface area (Å²) in [5.74, 6) is 0.459. The summed E-state index contributed by atoms with van der Waals surface area (Å²) in [5, 5.41) is 0. The Labute approximate surface area is 126 Å². The highest BCUT2D eigenvalue weighted by Crippen LogP contribution is 2.17. The molecule has 5 heteroatoms. The molecule has 0 aliphatic carbocycles. The van der Waals surface area contributed by atoms with Gasteiger partial charge >= 0.3 is 5.97 Å². The number of hydrogen-bond donors (Lipinski definition) is 0. The minimum Gasteiger partial charge on any atom is -0.482 e. The van der Waals surface area contributed by atoms with Gasteiger partial charge in [-0.3, -0.25) is 0 Å². The number of rotatable bonds is 4. The maximum atomic E-state index is 11.7. The number of carbonyl (C=O) groups excluding carboxylic acids is 1. The van der Waals surface area contributed by atoms with Crippen LogP contribution in [0.1, 0.15) is 18.4 Å². The van der Waals surface area contributed by atoms with Crippen molar-refractivity contribution >= 4 is 18.4 Å². The zero-order valence-corrected chi connectivity index (χ0v) is 12.8. The molecule has 1 saturated heterocycles. The van der Waals surface area contributed by atoms with Crippen molar-refractivity contribution in [2.75, 3.05) is 26.7 Å². The first kappa shape index (κ1) is 16.8. The summed E-state index contributed by atoms with van der Waals surface area (Å²) in [5.41, 5.74) is 1.02. The number of benzene rings is 1. The third-order valence-electron chi connectivity index (χ3n) is 3.40. The summed E-state index contributed by atoms with van der Waals surface area (Å²) < 4.78 is 10.9. The SMILES string of the molecule is Cc1ccccc1OCC(=O)OC1CCN(C)CC1.Cl. The van der Waals surface area contributed by atoms with Gasteiger partial charge in [0.2, 0.25) is 0 Å². The summed E-state index contributed by atoms with van der Waals surface area (Å²) in [7, 11) is 2.08. The van der Waals surface area contributed by atoms with Gasteiger partial charge in [0.15, 0.2) is 6.61 Å². The van der Waals surface area contributed by atoms with Gasteiger partial charge in [-0.15, -0.1) is 12.4 Å². The fourth-order valence-corrected chi connectivity index (χ4v) is 2.18. The van der Waals surface area contributed by atoms with Gasteiger partial charge in [-0.25, -0.2) is 4.79 Å². The molecule has 0 amide bonds. The minimum absolute atomic E-state index is 0. The Kier molecular flexibility index (Phi) is 6.82. The second kappa shape index (κ2) is 8.12. The molecule has 4 nitrogen and oxygen atoms in total. The Hall–Kier alpha value is -1.26. The Morgan fingerprint density at radius 1 is 1.30 bits per heavy atom. The molecule has 2 rings (SSSR count). The largest absolute Gasteiger partial charge is 0.482 e. The quantitative estimate of drug-likeness (QED) is 0.801. The number of para-hydroxylation sites is 1. The fraction of sp³-hybridized carbons (Fsp3) is 0.533. The third-order valence-corrected chi connectivity index (χ3v) is 3.40. The van der Waals surface area contributed by atoms with Crippen molar-refractivity contribution in [3.63, 3.8) is 0 Å². The molecular weight excluding hydrogens is 278 g/mol. The summed E-state index contributed by atoms with van der Waals surface area (Å²) >= 11 is 0. The lowest BCUT2D eigenvalue weighted by Crippen LogP contribution is -2.36. The minimum atomic E-state index is -0.280. The van der Waals surface area contributed by atoms with Crippen molar-refractivity contribution in [3.05, 3.63) is 29.8 Å². The van der Waals surface area contributed by atoms with Gasteiger partial charge in [-0.05, 0) is 38.4 Å². The number of hydrogen-bond acceptors (Lipinski definition) is 4. The number of nitrogens with zero attached hydrogens (tertiary/aromatic N) is 1. The molecule has 1 aliphatic rings. The number of ether oxygens (including phenoxy) is 2. The van der Waals surface area contributed by atoms with E-state index in [4.69, 9.17) is 9.47 Å². The standard InChI is InChI=1S/C15H21NO3.ClH/c1-12-5-3-4-6-14(12)18-11-15(17)19-13-7-9-16(2)10-8-13;/h3-6,13H,7-11H2,1-2H3;1H. The van der Waals surface area contributed by atoms with Crippen LogP contribution < -0.4 is 4.74 Å². The molecule has 20 heavy (non-hydrogen) atoms. The molecule has 112 valence electrons. The lowest BCUT2D eigenvalue weighted by molar-refractivity contribution is -0.153. The van der Waals surface area contributed by atoms with Gasteiger partial charge in [-0.2, -0.15) is 0 Å². The van der Waals surface area contributed by atoms with E-state index in [1.807, 2.05) is 31.2 Å². The monoisotopic (exact) mass is 299 g/mol. The first-order valence-corrected chi connectivity index (χ1v) is 6.71. The predicted molar refractivity (Wildman–Crippen MR) is 80.5 cm³/mol. The molecule has 0 unspecified atom stereocenters. The van der Waals surface area contributed by atoms with E-state index in [1.165, 1.54) is 0 Å². The van der Waals surface area contributed by atoms with Crippen molar-refractivity contribution in [3.8, 4) is 5.75 Å². The summed E-state index contributed by atoms with van der Waals surface area (Å²) in [4.78, 5) is 14.0. The molecule has 1 heterocycles. The van der Waals surface area contributed by atoms with Crippen LogP contribution in [-0.2, 0) is 9.53 Å². The van der Waals surface area contributed by atoms with E-state index in [0.29, 0.717) is 0 Å². The number of halogens is 1. The van der Waals surface area contributed by atoms with Gasteiger partial charge in [-0.1, -0.05) is 18.2 Å². The number of piperidine rings is 1. The Morgan fingerprint density at radius 3 is 2.60 bits per heavy atom. The second-order valence-corrected chi connectivity index (χ2v) is 5.05. The number of esters is 1. The first-order chi connectivity index (χ1) is 9.15. The molecule has 0 spiro atoms. The smallest absolute Gasteiger partial charge is 0.344 e. The maximum absolute atomic E-state index is 11.7. The van der Waals surface area contributed by atoms with Crippen LogP contribution in [0.4, 0.5) is 0 Å². The fourth-order valence-electron chi connectivity index (χ4n) is 2.18. The molecule has 0 N–H and O–H groups in total. The second-order valence-electron chi connectivity index (χ2n) is 5.05. The molecule has 0 bridgehead atoms. The normalized spacial score (nSPS) is 16.3. The van der Waals surface area contributed by atoms with Crippen LogP contribution in [0.15, 0.2) is 24.3 Å². The molecule has 0 radical (unpaired) electrons. The van der Waals surface area contributed by atoms with E-state index >= 15 is 0 Å². The van der Waals surface area contributed by atoms with Crippen LogP contribution in [-0.4, -0.2) is 43.7 Å². The maximum Gasteiger partial charge on any atom is 0.344 e. The molecule has 0 atom stereocenters. The van der Waals surface area contributed by atoms with E-state index in [0.717, 1.165) is 37.2 Å². The lowest BCUT2D eigenvalue weighted by atomic mass is 10.1. The summed E-state index contributed by atoms with van der Waals surface area (Å²) in [6.45, 7) is 3.90. The van der Waals surface area contributed by atoms with E-state index in [1.54, 1.807) is 0 Å². The van der Waals surface area contributed by atoms with Gasteiger partial charge in [0, 0.05) is 13.1 Å². The average Bonchev–Trinajstić information content (AvgIpc) is 2.40. The highest BCUT2D eigenvalue weighted by molar-refractivity contribution is 5.85. The molecule has 1 aromatic rings. The molecule has 1 aromatic carbocycles. The van der Waals surface area contributed by atoms with Crippen molar-refractivity contribution in [2.24, 2.45) is 0 Å². The van der Waals surface area contributed by atoms with Gasteiger partial charge in [0.1, 0.15) is 11.9 Å². The lowest BCUT2D eigenvalue weighted by Gasteiger charge is -2.28. The molecule has 0 saturated carbocycles. The third kappa shape index (κ3) is 5.02. The topological polar surface area (TPSA) is 38.8 Å². The number of carbonyl (C=O) groups is 1. The molecule has 1 fully saturated rings. The number of aryl methyl sites for hydroxylation is 1. The highest BCUT2D eigenvalue weighted by atomic mass is 35.5. The number of likely N-dealkylation sites (tertiary alicyclic amines) is 1. The zero-order chi connectivity index (χ0) is 13.7. The Balaban J connectivity index is 0.00000200. The van der Waals surface area contributed by atoms with Crippen LogP contribution in [0.5, 0.6) is 5.75 Å². The van der Waals surface area contributed by atoms with Gasteiger partial charge < -0.3 is 14.4 Å². The van der Waals surface area contributed by atoms with Gasteiger partial charge in [0.25, 0.3) is 0 Å². The highest BCUT2D eigenvalue weighted by Gasteiger charge is 2.20. The van der Waals surface area contributed by atoms with Crippen molar-refractivity contribution in [2.45, 2.75) is 25.9 Å². The van der Waals surface area contributed by atoms with E-state index in [-0.39, 0.29) is 31.1 Å². The Morgan fingerprint density at radius 2 is 1.95 bits per heavy atom. The first-order valence-electron chi connectivity index (χ1n) is 6.71. The summed E-state index contributed by atoms with van der Waals surface area (Å²) in [6.07, 6.45) is 1.86. The van der Waals surface area contributed by atoms with Crippen LogP contribution >= 0.6 is 12.4 Å². The Bertz CT molecular complexity index is 431. The van der Waals surface area contributed by atoms with Crippen molar-refractivity contribution in [1.82, 2.24) is 4.90 Å². The van der Waals surface area contributed by atoms with Crippen LogP contribution in [0.3, 0.4) is 0 Å². The van der Waals surface area contributed by atoms with Crippen molar-refractivity contribution < 1.29 is 14.3 Å². The van der Waals surface area contributed by atoms with Crippen molar-refractivity contribution in [1.29, 1.82) is 0 Å². The molecular formula is C15H22ClNO3. The van der Waals surface area contributed by atoms with E-state index in [9.17, 15) is 4.79 Å².